The van der Waals surface area contributed by atoms with Crippen molar-refractivity contribution in [1.29, 1.82) is 0 Å². The standard InChI is InChI=1S/C15H15NO3S2/c1-11(17)12-8-9-14(16-21(2,18)19)15(10-12)20-13-6-4-3-5-7-13/h3-10,16H,1-2H3. The minimum absolute atomic E-state index is 0.0594. The lowest BCUT2D eigenvalue weighted by Crippen LogP contribution is -2.10. The zero-order valence-corrected chi connectivity index (χ0v) is 13.3. The molecule has 2 aromatic carbocycles. The molecule has 0 fully saturated rings. The molecule has 21 heavy (non-hydrogen) atoms. The number of anilines is 1. The summed E-state index contributed by atoms with van der Waals surface area (Å²) in [6.45, 7) is 1.48. The molecule has 0 amide bonds. The number of carbonyl (C=O) groups excluding carboxylic acids is 1. The maximum Gasteiger partial charge on any atom is 0.229 e. The summed E-state index contributed by atoms with van der Waals surface area (Å²) in [7, 11) is -3.37. The van der Waals surface area contributed by atoms with Crippen LogP contribution in [0.5, 0.6) is 0 Å². The van der Waals surface area contributed by atoms with Crippen LogP contribution in [0, 0.1) is 0 Å². The van der Waals surface area contributed by atoms with E-state index >= 15 is 0 Å². The van der Waals surface area contributed by atoms with Crippen LogP contribution < -0.4 is 4.72 Å². The Kier molecular flexibility index (Phi) is 4.69. The Morgan fingerprint density at radius 3 is 2.33 bits per heavy atom. The largest absolute Gasteiger partial charge is 0.295 e. The third kappa shape index (κ3) is 4.61. The van der Waals surface area contributed by atoms with Gasteiger partial charge >= 0.3 is 0 Å². The van der Waals surface area contributed by atoms with Gasteiger partial charge in [0.25, 0.3) is 0 Å². The van der Waals surface area contributed by atoms with E-state index in [1.165, 1.54) is 18.7 Å². The van der Waals surface area contributed by atoms with Crippen LogP contribution in [0.1, 0.15) is 17.3 Å². The number of Topliss-reactive ketones (excluding diaryl/α,β-unsaturated/α-hetero) is 1. The van der Waals surface area contributed by atoms with Gasteiger partial charge in [-0.25, -0.2) is 8.42 Å². The maximum atomic E-state index is 11.5. The van der Waals surface area contributed by atoms with Crippen molar-refractivity contribution >= 4 is 33.3 Å². The van der Waals surface area contributed by atoms with Gasteiger partial charge in [-0.2, -0.15) is 0 Å². The highest BCUT2D eigenvalue weighted by atomic mass is 32.2. The molecule has 0 saturated carbocycles. The third-order valence-corrected chi connectivity index (χ3v) is 4.31. The van der Waals surface area contributed by atoms with Crippen molar-refractivity contribution in [2.75, 3.05) is 11.0 Å². The topological polar surface area (TPSA) is 63.2 Å². The lowest BCUT2D eigenvalue weighted by molar-refractivity contribution is 0.101. The molecule has 0 radical (unpaired) electrons. The summed E-state index contributed by atoms with van der Waals surface area (Å²) in [5.41, 5.74) is 1.02. The number of hydrogen-bond acceptors (Lipinski definition) is 4. The van der Waals surface area contributed by atoms with Gasteiger partial charge in [-0.1, -0.05) is 30.0 Å². The summed E-state index contributed by atoms with van der Waals surface area (Å²) in [5.74, 6) is -0.0594. The van der Waals surface area contributed by atoms with Crippen LogP contribution in [0.3, 0.4) is 0 Å². The van der Waals surface area contributed by atoms with E-state index in [0.29, 0.717) is 16.1 Å². The molecule has 2 rings (SSSR count). The Bertz CT molecular complexity index is 756. The van der Waals surface area contributed by atoms with Gasteiger partial charge in [-0.15, -0.1) is 0 Å². The van der Waals surface area contributed by atoms with Gasteiger partial charge in [0.2, 0.25) is 10.0 Å². The second kappa shape index (κ2) is 6.32. The van der Waals surface area contributed by atoms with Gasteiger partial charge in [0.15, 0.2) is 5.78 Å². The van der Waals surface area contributed by atoms with E-state index < -0.39 is 10.0 Å². The van der Waals surface area contributed by atoms with Gasteiger partial charge in [-0.05, 0) is 37.3 Å². The Labute approximate surface area is 128 Å². The van der Waals surface area contributed by atoms with Crippen molar-refractivity contribution in [3.8, 4) is 0 Å². The predicted molar refractivity (Wildman–Crippen MR) is 85.5 cm³/mol. The Balaban J connectivity index is 2.43. The highest BCUT2D eigenvalue weighted by molar-refractivity contribution is 7.99. The average Bonchev–Trinajstić information content (AvgIpc) is 2.40. The van der Waals surface area contributed by atoms with E-state index in [0.717, 1.165) is 11.2 Å². The van der Waals surface area contributed by atoms with Crippen molar-refractivity contribution in [2.24, 2.45) is 0 Å². The molecule has 0 heterocycles. The SMILES string of the molecule is CC(=O)c1ccc(NS(C)(=O)=O)c(Sc2ccccc2)c1. The Hall–Kier alpha value is -1.79. The van der Waals surface area contributed by atoms with E-state index in [1.807, 2.05) is 30.3 Å². The third-order valence-electron chi connectivity index (χ3n) is 2.65. The van der Waals surface area contributed by atoms with Gasteiger partial charge in [0, 0.05) is 15.4 Å². The minimum Gasteiger partial charge on any atom is -0.295 e. The normalized spacial score (nSPS) is 11.1. The highest BCUT2D eigenvalue weighted by Crippen LogP contribution is 2.34. The zero-order chi connectivity index (χ0) is 15.5. The minimum atomic E-state index is -3.37. The molecule has 0 bridgehead atoms. The molecule has 6 heteroatoms. The smallest absolute Gasteiger partial charge is 0.229 e. The van der Waals surface area contributed by atoms with Crippen molar-refractivity contribution in [1.82, 2.24) is 0 Å². The first-order chi connectivity index (χ1) is 9.85. The first kappa shape index (κ1) is 15.6. The second-order valence-electron chi connectivity index (χ2n) is 4.56. The van der Waals surface area contributed by atoms with Crippen molar-refractivity contribution in [2.45, 2.75) is 16.7 Å². The number of benzene rings is 2. The van der Waals surface area contributed by atoms with Crippen LogP contribution in [0.2, 0.25) is 0 Å². The fraction of sp³-hybridized carbons (Fsp3) is 0.133. The predicted octanol–water partition coefficient (Wildman–Crippen LogP) is 3.41. The Morgan fingerprint density at radius 1 is 1.10 bits per heavy atom. The van der Waals surface area contributed by atoms with Crippen LogP contribution in [-0.2, 0) is 10.0 Å². The number of nitrogens with one attached hydrogen (secondary N) is 1. The van der Waals surface area contributed by atoms with Crippen LogP contribution in [0.15, 0.2) is 58.3 Å². The summed E-state index contributed by atoms with van der Waals surface area (Å²) in [5, 5.41) is 0. The molecule has 0 aromatic heterocycles. The van der Waals surface area contributed by atoms with E-state index in [2.05, 4.69) is 4.72 Å². The molecule has 0 unspecified atom stereocenters. The molecular formula is C15H15NO3S2. The van der Waals surface area contributed by atoms with Crippen molar-refractivity contribution in [3.63, 3.8) is 0 Å². The van der Waals surface area contributed by atoms with Crippen molar-refractivity contribution in [3.05, 3.63) is 54.1 Å². The van der Waals surface area contributed by atoms with Gasteiger partial charge in [0.05, 0.1) is 11.9 Å². The molecule has 0 spiro atoms. The zero-order valence-electron chi connectivity index (χ0n) is 11.7. The summed E-state index contributed by atoms with van der Waals surface area (Å²) in [6.07, 6.45) is 1.10. The molecule has 4 nitrogen and oxygen atoms in total. The highest BCUT2D eigenvalue weighted by Gasteiger charge is 2.11. The molecule has 110 valence electrons. The first-order valence-corrected chi connectivity index (χ1v) is 8.91. The maximum absolute atomic E-state index is 11.5. The number of rotatable bonds is 5. The molecule has 0 aliphatic rings. The first-order valence-electron chi connectivity index (χ1n) is 6.21. The molecule has 0 saturated heterocycles. The molecular weight excluding hydrogens is 306 g/mol. The van der Waals surface area contributed by atoms with E-state index in [-0.39, 0.29) is 5.78 Å². The fourth-order valence-electron chi connectivity index (χ4n) is 1.73. The molecule has 1 N–H and O–H groups in total. The lowest BCUT2D eigenvalue weighted by Gasteiger charge is -2.11. The lowest BCUT2D eigenvalue weighted by atomic mass is 10.1. The summed E-state index contributed by atoms with van der Waals surface area (Å²) < 4.78 is 25.3. The number of hydrogen-bond donors (Lipinski definition) is 1. The monoisotopic (exact) mass is 321 g/mol. The van der Waals surface area contributed by atoms with Gasteiger partial charge in [0.1, 0.15) is 0 Å². The summed E-state index contributed by atoms with van der Waals surface area (Å²) in [4.78, 5) is 13.2. The number of carbonyl (C=O) groups is 1. The molecule has 0 aliphatic heterocycles. The van der Waals surface area contributed by atoms with Crippen LogP contribution in [0.4, 0.5) is 5.69 Å². The molecule has 2 aromatic rings. The van der Waals surface area contributed by atoms with Crippen LogP contribution in [0.25, 0.3) is 0 Å². The Morgan fingerprint density at radius 2 is 1.76 bits per heavy atom. The average molecular weight is 321 g/mol. The van der Waals surface area contributed by atoms with Crippen LogP contribution in [-0.4, -0.2) is 20.5 Å². The van der Waals surface area contributed by atoms with Crippen molar-refractivity contribution < 1.29 is 13.2 Å². The number of ketones is 1. The number of sulfonamides is 1. The molecule has 0 aliphatic carbocycles. The van der Waals surface area contributed by atoms with E-state index in [9.17, 15) is 13.2 Å². The van der Waals surface area contributed by atoms with Crippen LogP contribution >= 0.6 is 11.8 Å². The quantitative estimate of drug-likeness (QED) is 0.857. The van der Waals surface area contributed by atoms with Gasteiger partial charge < -0.3 is 0 Å². The van der Waals surface area contributed by atoms with E-state index in [1.54, 1.807) is 18.2 Å². The fourth-order valence-corrected chi connectivity index (χ4v) is 3.33. The second-order valence-corrected chi connectivity index (χ2v) is 7.42. The van der Waals surface area contributed by atoms with E-state index in [4.69, 9.17) is 0 Å². The summed E-state index contributed by atoms with van der Waals surface area (Å²) >= 11 is 1.41. The summed E-state index contributed by atoms with van der Waals surface area (Å²) in [6, 6.07) is 14.5. The van der Waals surface area contributed by atoms with Gasteiger partial charge in [-0.3, -0.25) is 9.52 Å². The molecule has 0 atom stereocenters.